The van der Waals surface area contributed by atoms with Gasteiger partial charge in [-0.05, 0) is 12.1 Å². The van der Waals surface area contributed by atoms with E-state index >= 15 is 0 Å². The van der Waals surface area contributed by atoms with Gasteiger partial charge in [0.25, 0.3) is 0 Å². The molecule has 0 atom stereocenters. The minimum Gasteiger partial charge on any atom is -0.493 e. The Kier molecular flexibility index (Phi) is 6.15. The molecule has 0 fully saturated rings. The van der Waals surface area contributed by atoms with E-state index in [1.54, 1.807) is 30.3 Å². The van der Waals surface area contributed by atoms with Crippen molar-refractivity contribution in [3.05, 3.63) is 46.6 Å². The molecular formula is C21H21N5O7. The number of nitrogens with zero attached hydrogens (tertiary/aromatic N) is 3. The highest BCUT2D eigenvalue weighted by molar-refractivity contribution is 5.74. The fourth-order valence-electron chi connectivity index (χ4n) is 3.24. The summed E-state index contributed by atoms with van der Waals surface area (Å²) in [6, 6.07) is 8.55. The van der Waals surface area contributed by atoms with Crippen LogP contribution in [0, 0.1) is 10.1 Å². The third-order valence-electron chi connectivity index (χ3n) is 4.71. The second-order valence-corrected chi connectivity index (χ2v) is 6.68. The molecule has 2 heterocycles. The van der Waals surface area contributed by atoms with Crippen LogP contribution in [0.15, 0.2) is 36.5 Å². The van der Waals surface area contributed by atoms with E-state index in [-0.39, 0.29) is 17.5 Å². The Morgan fingerprint density at radius 2 is 1.76 bits per heavy atom. The average molecular weight is 455 g/mol. The van der Waals surface area contributed by atoms with E-state index in [1.807, 2.05) is 0 Å². The van der Waals surface area contributed by atoms with Crippen molar-refractivity contribution in [1.29, 1.82) is 0 Å². The van der Waals surface area contributed by atoms with Crippen LogP contribution in [0.3, 0.4) is 0 Å². The molecule has 12 heteroatoms. The molecule has 2 aromatic carbocycles. The number of nitrogens with one attached hydrogen (secondary N) is 2. The standard InChI is InChI=1S/C21H21N5O7/c1-29-16-9-12(10-17(30-2)19(16)31-3)23-21-22-11-14(26(27)28)20(25-21)24-13-5-4-6-15-18(13)33-8-7-32-15/h4-6,9-11H,7-8H2,1-3H3,(H2,22,23,24,25). The molecule has 0 aliphatic carbocycles. The van der Waals surface area contributed by atoms with E-state index in [0.29, 0.717) is 53.3 Å². The van der Waals surface area contributed by atoms with Crippen LogP contribution in [-0.2, 0) is 0 Å². The highest BCUT2D eigenvalue weighted by Gasteiger charge is 2.22. The molecule has 2 N–H and O–H groups in total. The lowest BCUT2D eigenvalue weighted by Crippen LogP contribution is -2.16. The molecule has 1 aliphatic heterocycles. The minimum atomic E-state index is -0.571. The lowest BCUT2D eigenvalue weighted by Gasteiger charge is -2.21. The summed E-state index contributed by atoms with van der Waals surface area (Å²) in [7, 11) is 4.50. The van der Waals surface area contributed by atoms with Crippen LogP contribution in [-0.4, -0.2) is 49.4 Å². The zero-order chi connectivity index (χ0) is 23.4. The van der Waals surface area contributed by atoms with Gasteiger partial charge in [-0.15, -0.1) is 0 Å². The minimum absolute atomic E-state index is 0.0208. The van der Waals surface area contributed by atoms with Crippen molar-refractivity contribution in [2.24, 2.45) is 0 Å². The molecule has 0 unspecified atom stereocenters. The van der Waals surface area contributed by atoms with Gasteiger partial charge in [0.2, 0.25) is 17.5 Å². The summed E-state index contributed by atoms with van der Waals surface area (Å²) < 4.78 is 27.3. The van der Waals surface area contributed by atoms with Crippen molar-refractivity contribution in [1.82, 2.24) is 9.97 Å². The first-order chi connectivity index (χ1) is 16.0. The fourth-order valence-corrected chi connectivity index (χ4v) is 3.24. The Bertz CT molecular complexity index is 1160. The molecule has 0 radical (unpaired) electrons. The van der Waals surface area contributed by atoms with Gasteiger partial charge in [0.1, 0.15) is 19.4 Å². The summed E-state index contributed by atoms with van der Waals surface area (Å²) in [6.07, 6.45) is 1.11. The van der Waals surface area contributed by atoms with Gasteiger partial charge in [0.15, 0.2) is 23.0 Å². The SMILES string of the molecule is COc1cc(Nc2ncc([N+](=O)[O-])c(Nc3cccc4c3OCCO4)n2)cc(OC)c1OC. The fraction of sp³-hybridized carbons (Fsp3) is 0.238. The number of para-hydroxylation sites is 1. The Labute approximate surface area is 188 Å². The van der Waals surface area contributed by atoms with Crippen LogP contribution in [0.2, 0.25) is 0 Å². The van der Waals surface area contributed by atoms with Gasteiger partial charge < -0.3 is 34.3 Å². The Balaban J connectivity index is 1.69. The van der Waals surface area contributed by atoms with Gasteiger partial charge in [-0.2, -0.15) is 4.98 Å². The van der Waals surface area contributed by atoms with Crippen LogP contribution in [0.1, 0.15) is 0 Å². The predicted octanol–water partition coefficient (Wildman–Crippen LogP) is 3.67. The number of aromatic nitrogens is 2. The van der Waals surface area contributed by atoms with E-state index in [2.05, 4.69) is 20.6 Å². The van der Waals surface area contributed by atoms with Crippen LogP contribution < -0.4 is 34.3 Å². The quantitative estimate of drug-likeness (QED) is 0.380. The van der Waals surface area contributed by atoms with Crippen molar-refractivity contribution < 1.29 is 28.6 Å². The van der Waals surface area contributed by atoms with Crippen LogP contribution in [0.5, 0.6) is 28.7 Å². The summed E-state index contributed by atoms with van der Waals surface area (Å²) in [6.45, 7) is 0.790. The van der Waals surface area contributed by atoms with E-state index in [9.17, 15) is 10.1 Å². The number of fused-ring (bicyclic) bond motifs is 1. The van der Waals surface area contributed by atoms with E-state index < -0.39 is 4.92 Å². The normalized spacial score (nSPS) is 12.0. The first kappa shape index (κ1) is 21.7. The molecule has 0 saturated heterocycles. The summed E-state index contributed by atoms with van der Waals surface area (Å²) in [5.74, 6) is 2.36. The molecule has 0 bridgehead atoms. The van der Waals surface area contributed by atoms with E-state index in [1.165, 1.54) is 21.3 Å². The summed E-state index contributed by atoms with van der Waals surface area (Å²) in [4.78, 5) is 19.4. The summed E-state index contributed by atoms with van der Waals surface area (Å²) >= 11 is 0. The molecule has 4 rings (SSSR count). The number of methoxy groups -OCH3 is 3. The molecule has 0 spiro atoms. The second-order valence-electron chi connectivity index (χ2n) is 6.68. The number of rotatable bonds is 8. The Morgan fingerprint density at radius 1 is 1.03 bits per heavy atom. The number of ether oxygens (including phenoxy) is 5. The molecule has 1 aromatic heterocycles. The lowest BCUT2D eigenvalue weighted by atomic mass is 10.2. The summed E-state index contributed by atoms with van der Waals surface area (Å²) in [5.41, 5.74) is 0.700. The number of hydrogen-bond donors (Lipinski definition) is 2. The molecule has 0 amide bonds. The smallest absolute Gasteiger partial charge is 0.329 e. The third-order valence-corrected chi connectivity index (χ3v) is 4.71. The van der Waals surface area contributed by atoms with Crippen LogP contribution >= 0.6 is 0 Å². The topological polar surface area (TPSA) is 139 Å². The van der Waals surface area contributed by atoms with Gasteiger partial charge in [0, 0.05) is 17.8 Å². The molecule has 1 aliphatic rings. The van der Waals surface area contributed by atoms with Crippen molar-refractivity contribution in [3.63, 3.8) is 0 Å². The van der Waals surface area contributed by atoms with E-state index in [0.717, 1.165) is 6.20 Å². The van der Waals surface area contributed by atoms with Gasteiger partial charge in [0.05, 0.1) is 31.9 Å². The monoisotopic (exact) mass is 455 g/mol. The highest BCUT2D eigenvalue weighted by Crippen LogP contribution is 2.41. The number of anilines is 4. The van der Waals surface area contributed by atoms with Gasteiger partial charge in [-0.25, -0.2) is 4.98 Å². The average Bonchev–Trinajstić information content (AvgIpc) is 2.83. The van der Waals surface area contributed by atoms with Gasteiger partial charge >= 0.3 is 5.69 Å². The Hall–Kier alpha value is -4.48. The summed E-state index contributed by atoms with van der Waals surface area (Å²) in [5, 5.41) is 17.5. The van der Waals surface area contributed by atoms with Crippen molar-refractivity contribution in [3.8, 4) is 28.7 Å². The van der Waals surface area contributed by atoms with Gasteiger partial charge in [-0.3, -0.25) is 10.1 Å². The van der Waals surface area contributed by atoms with E-state index in [4.69, 9.17) is 23.7 Å². The van der Waals surface area contributed by atoms with Crippen LogP contribution in [0.4, 0.5) is 28.8 Å². The first-order valence-electron chi connectivity index (χ1n) is 9.78. The third kappa shape index (κ3) is 4.44. The largest absolute Gasteiger partial charge is 0.493 e. The second kappa shape index (κ2) is 9.34. The predicted molar refractivity (Wildman–Crippen MR) is 119 cm³/mol. The molecule has 3 aromatic rings. The number of benzene rings is 2. The maximum absolute atomic E-state index is 11.6. The molecular weight excluding hydrogens is 434 g/mol. The van der Waals surface area contributed by atoms with Crippen LogP contribution in [0.25, 0.3) is 0 Å². The van der Waals surface area contributed by atoms with Crippen molar-refractivity contribution in [2.45, 2.75) is 0 Å². The zero-order valence-electron chi connectivity index (χ0n) is 18.1. The first-order valence-corrected chi connectivity index (χ1v) is 9.78. The van der Waals surface area contributed by atoms with Gasteiger partial charge in [-0.1, -0.05) is 6.07 Å². The zero-order valence-corrected chi connectivity index (χ0v) is 18.1. The maximum Gasteiger partial charge on any atom is 0.329 e. The van der Waals surface area contributed by atoms with Crippen molar-refractivity contribution >= 4 is 28.8 Å². The molecule has 33 heavy (non-hydrogen) atoms. The number of hydrogen-bond acceptors (Lipinski definition) is 11. The molecule has 0 saturated carbocycles. The van der Waals surface area contributed by atoms with Crippen molar-refractivity contribution in [2.75, 3.05) is 45.2 Å². The molecule has 172 valence electrons. The number of nitro groups is 1. The maximum atomic E-state index is 11.6. The molecule has 12 nitrogen and oxygen atoms in total. The highest BCUT2D eigenvalue weighted by atomic mass is 16.6. The lowest BCUT2D eigenvalue weighted by molar-refractivity contribution is -0.384. The Morgan fingerprint density at radius 3 is 2.42 bits per heavy atom.